The van der Waals surface area contributed by atoms with Gasteiger partial charge in [-0.1, -0.05) is 126 Å². The summed E-state index contributed by atoms with van der Waals surface area (Å²) in [6.07, 6.45) is 0. The molecule has 8 aromatic rings. The summed E-state index contributed by atoms with van der Waals surface area (Å²) in [6, 6.07) is 53.5. The Kier molecular flexibility index (Phi) is 8.38. The molecule has 5 nitrogen and oxygen atoms in total. The second kappa shape index (κ2) is 13.7. The van der Waals surface area contributed by atoms with E-state index in [4.69, 9.17) is 13.9 Å². The van der Waals surface area contributed by atoms with Gasteiger partial charge >= 0.3 is 0 Å². The molecule has 0 saturated heterocycles. The molecule has 0 aliphatic carbocycles. The maximum absolute atomic E-state index is 6.57. The topological polar surface area (TPSA) is 38.1 Å². The Morgan fingerprint density at radius 3 is 1.90 bits per heavy atom. The number of rotatable bonds is 4. The second-order valence-electron chi connectivity index (χ2n) is 18.9. The zero-order valence-electron chi connectivity index (χ0n) is 36.0. The van der Waals surface area contributed by atoms with Crippen LogP contribution in [-0.2, 0) is 10.8 Å². The van der Waals surface area contributed by atoms with Gasteiger partial charge < -0.3 is 23.7 Å². The molecule has 11 rings (SSSR count). The summed E-state index contributed by atoms with van der Waals surface area (Å²) in [5, 5.41) is 1.09. The van der Waals surface area contributed by atoms with Crippen molar-refractivity contribution in [1.29, 1.82) is 0 Å². The summed E-state index contributed by atoms with van der Waals surface area (Å²) in [6.45, 7) is 17.0. The minimum absolute atomic E-state index is 0.0404. The van der Waals surface area contributed by atoms with E-state index in [2.05, 4.69) is 192 Å². The van der Waals surface area contributed by atoms with Gasteiger partial charge in [-0.15, -0.1) is 0 Å². The van der Waals surface area contributed by atoms with Gasteiger partial charge in [-0.3, -0.25) is 0 Å². The summed E-state index contributed by atoms with van der Waals surface area (Å²) in [5.41, 5.74) is 18.5. The maximum Gasteiger partial charge on any atom is 0.252 e. The maximum atomic E-state index is 6.57. The number of para-hydroxylation sites is 1. The van der Waals surface area contributed by atoms with Crippen LogP contribution in [0.25, 0.3) is 33.4 Å². The molecule has 4 heterocycles. The van der Waals surface area contributed by atoms with Crippen LogP contribution in [0.1, 0.15) is 58.2 Å². The van der Waals surface area contributed by atoms with Crippen molar-refractivity contribution in [3.05, 3.63) is 162 Å². The average Bonchev–Trinajstić information content (AvgIpc) is 3.70. The van der Waals surface area contributed by atoms with Crippen molar-refractivity contribution >= 4 is 68.2 Å². The van der Waals surface area contributed by atoms with Crippen molar-refractivity contribution in [2.24, 2.45) is 0 Å². The molecule has 7 aromatic carbocycles. The number of nitrogens with zero attached hydrogens (tertiary/aromatic N) is 2. The fourth-order valence-corrected chi connectivity index (χ4v) is 9.64. The molecule has 1 aromatic heterocycles. The van der Waals surface area contributed by atoms with Gasteiger partial charge in [0.25, 0.3) is 6.71 Å². The Bertz CT molecular complexity index is 2990. The van der Waals surface area contributed by atoms with Gasteiger partial charge in [0.1, 0.15) is 24.6 Å². The highest BCUT2D eigenvalue weighted by molar-refractivity contribution is 7.00. The zero-order valence-corrected chi connectivity index (χ0v) is 36.0. The summed E-state index contributed by atoms with van der Waals surface area (Å²) in [5.74, 6) is 2.36. The Balaban J connectivity index is 1.23. The van der Waals surface area contributed by atoms with Gasteiger partial charge in [0.05, 0.1) is 5.69 Å². The second-order valence-corrected chi connectivity index (χ2v) is 18.9. The van der Waals surface area contributed by atoms with Gasteiger partial charge in [-0.2, -0.15) is 0 Å². The third kappa shape index (κ3) is 6.14. The van der Waals surface area contributed by atoms with Crippen LogP contribution in [-0.4, -0.2) is 19.9 Å². The smallest absolute Gasteiger partial charge is 0.252 e. The van der Waals surface area contributed by atoms with E-state index in [-0.39, 0.29) is 17.5 Å². The van der Waals surface area contributed by atoms with Crippen LogP contribution in [0.4, 0.5) is 34.1 Å². The van der Waals surface area contributed by atoms with Crippen molar-refractivity contribution in [1.82, 2.24) is 0 Å². The molecule has 0 fully saturated rings. The van der Waals surface area contributed by atoms with Crippen LogP contribution >= 0.6 is 0 Å². The predicted octanol–water partition coefficient (Wildman–Crippen LogP) is 12.5. The van der Waals surface area contributed by atoms with Crippen LogP contribution in [0.15, 0.2) is 150 Å². The van der Waals surface area contributed by atoms with E-state index in [9.17, 15) is 0 Å². The first-order valence-corrected chi connectivity index (χ1v) is 21.5. The van der Waals surface area contributed by atoms with E-state index in [0.717, 1.165) is 67.7 Å². The fourth-order valence-electron chi connectivity index (χ4n) is 9.64. The number of fused-ring (bicyclic) bond motifs is 6. The molecule has 0 radical (unpaired) electrons. The number of hydrogen-bond acceptors (Lipinski definition) is 5. The Labute approximate surface area is 359 Å². The molecule has 0 spiro atoms. The van der Waals surface area contributed by atoms with Crippen LogP contribution in [0.3, 0.4) is 0 Å². The molecule has 3 aliphatic heterocycles. The molecular weight excluding hydrogens is 747 g/mol. The molecule has 61 heavy (non-hydrogen) atoms. The van der Waals surface area contributed by atoms with E-state index in [1.54, 1.807) is 0 Å². The van der Waals surface area contributed by atoms with Crippen LogP contribution in [0.5, 0.6) is 11.5 Å². The summed E-state index contributed by atoms with van der Waals surface area (Å²) in [7, 11) is 0. The monoisotopic (exact) mass is 796 g/mol. The lowest BCUT2D eigenvalue weighted by atomic mass is 9.33. The highest BCUT2D eigenvalue weighted by Gasteiger charge is 2.44. The molecule has 0 amide bonds. The Morgan fingerprint density at radius 2 is 1.18 bits per heavy atom. The van der Waals surface area contributed by atoms with E-state index < -0.39 is 0 Å². The van der Waals surface area contributed by atoms with Gasteiger partial charge in [0.15, 0.2) is 11.5 Å². The fraction of sp³-hybridized carbons (Fsp3) is 0.200. The van der Waals surface area contributed by atoms with Gasteiger partial charge in [-0.05, 0) is 111 Å². The molecule has 0 N–H and O–H groups in total. The van der Waals surface area contributed by atoms with Crippen molar-refractivity contribution in [2.75, 3.05) is 23.0 Å². The molecule has 0 unspecified atom stereocenters. The molecule has 3 aliphatic rings. The predicted molar refractivity (Wildman–Crippen MR) is 254 cm³/mol. The Hall–Kier alpha value is -6.66. The molecule has 0 saturated carbocycles. The first kappa shape index (κ1) is 37.4. The lowest BCUT2D eigenvalue weighted by Gasteiger charge is -2.45. The summed E-state index contributed by atoms with van der Waals surface area (Å²) >= 11 is 0. The minimum atomic E-state index is -0.0466. The average molecular weight is 797 g/mol. The lowest BCUT2D eigenvalue weighted by Crippen LogP contribution is -2.61. The third-order valence-electron chi connectivity index (χ3n) is 12.8. The van der Waals surface area contributed by atoms with E-state index in [0.29, 0.717) is 13.2 Å². The quantitative estimate of drug-likeness (QED) is 0.166. The van der Waals surface area contributed by atoms with Crippen molar-refractivity contribution in [3.63, 3.8) is 0 Å². The molecule has 6 heteroatoms. The number of anilines is 6. The van der Waals surface area contributed by atoms with Crippen molar-refractivity contribution in [2.45, 2.75) is 59.3 Å². The summed E-state index contributed by atoms with van der Waals surface area (Å²) < 4.78 is 19.2. The highest BCUT2D eigenvalue weighted by atomic mass is 16.6. The molecular formula is C55H49BN2O3. The van der Waals surface area contributed by atoms with Crippen molar-refractivity contribution < 1.29 is 13.9 Å². The largest absolute Gasteiger partial charge is 0.486 e. The van der Waals surface area contributed by atoms with Gasteiger partial charge in [-0.25, -0.2) is 0 Å². The van der Waals surface area contributed by atoms with E-state index in [1.807, 2.05) is 12.1 Å². The van der Waals surface area contributed by atoms with E-state index in [1.165, 1.54) is 44.5 Å². The SMILES string of the molecule is Cc1cc2c3c(c1)N(c1cc4c(cc1-c1ccccc1)OCCO4)c1cc(-c4cc5ccccc5o4)ccc1B3c1cc(C(C)(C)C)ccc1N2c1ccc(C(C)(C)C)cc1. The first-order chi connectivity index (χ1) is 29.4. The van der Waals surface area contributed by atoms with Crippen LogP contribution in [0.2, 0.25) is 0 Å². The number of furan rings is 1. The summed E-state index contributed by atoms with van der Waals surface area (Å²) in [4.78, 5) is 4.99. The normalized spacial score (nSPS) is 14.2. The highest BCUT2D eigenvalue weighted by Crippen LogP contribution is 2.51. The third-order valence-corrected chi connectivity index (χ3v) is 12.8. The number of ether oxygens (including phenoxy) is 2. The van der Waals surface area contributed by atoms with Gasteiger partial charge in [0, 0.05) is 51.0 Å². The lowest BCUT2D eigenvalue weighted by molar-refractivity contribution is 0.172. The van der Waals surface area contributed by atoms with Crippen molar-refractivity contribution in [3.8, 4) is 33.9 Å². The van der Waals surface area contributed by atoms with Crippen LogP contribution < -0.4 is 35.7 Å². The van der Waals surface area contributed by atoms with Gasteiger partial charge in [0.2, 0.25) is 0 Å². The number of aryl methyl sites for hydroxylation is 1. The number of benzene rings is 7. The number of hydrogen-bond donors (Lipinski definition) is 0. The zero-order chi connectivity index (χ0) is 41.8. The first-order valence-electron chi connectivity index (χ1n) is 21.5. The molecule has 0 atom stereocenters. The molecule has 300 valence electrons. The minimum Gasteiger partial charge on any atom is -0.486 e. The van der Waals surface area contributed by atoms with Crippen LogP contribution in [0, 0.1) is 6.92 Å². The Morgan fingerprint density at radius 1 is 0.508 bits per heavy atom. The van der Waals surface area contributed by atoms with E-state index >= 15 is 0 Å². The standard InChI is InChI=1S/C55H49BN2O3/c1-34-27-47-53-48(28-34)58(45-33-52-51(59-25-26-60-52)32-41(45)35-13-9-8-10-14-35)46-29-37(50-30-36-15-11-12-16-49(36)61-50)17-23-42(46)56(53)43-31-39(55(5,6)7)20-24-44(43)57(47)40-21-18-38(19-22-40)54(2,3)4/h8-24,27-33H,25-26H2,1-7H3. The molecule has 0 bridgehead atoms.